The molecule has 0 aliphatic rings. The van der Waals surface area contributed by atoms with Gasteiger partial charge < -0.3 is 10.6 Å². The molecule has 0 spiro atoms. The van der Waals surface area contributed by atoms with Gasteiger partial charge in [0.2, 0.25) is 0 Å². The van der Waals surface area contributed by atoms with Gasteiger partial charge in [0.25, 0.3) is 5.91 Å². The first kappa shape index (κ1) is 24.2. The third-order valence-electron chi connectivity index (χ3n) is 6.40. The van der Waals surface area contributed by atoms with Crippen molar-refractivity contribution in [3.63, 3.8) is 0 Å². The molecule has 38 heavy (non-hydrogen) atoms. The lowest BCUT2D eigenvalue weighted by molar-refractivity contribution is 0.0955. The van der Waals surface area contributed by atoms with Gasteiger partial charge in [0, 0.05) is 40.6 Å². The zero-order valence-electron chi connectivity index (χ0n) is 20.6. The van der Waals surface area contributed by atoms with E-state index >= 15 is 0 Å². The number of halogens is 1. The van der Waals surface area contributed by atoms with Crippen LogP contribution in [0, 0.1) is 0 Å². The zero-order chi connectivity index (χ0) is 26.1. The molecule has 6 aromatic rings. The molecule has 0 saturated heterocycles. The molecule has 0 saturated carbocycles. The van der Waals surface area contributed by atoms with Gasteiger partial charge >= 0.3 is 0 Å². The molecule has 1 amide bonds. The molecule has 3 aromatic carbocycles. The molecule has 0 unspecified atom stereocenters. The number of aromatic nitrogens is 3. The first-order valence-electron chi connectivity index (χ1n) is 12.2. The fraction of sp³-hybridized carbons (Fsp3) is 0.0690. The first-order valence-corrected chi connectivity index (χ1v) is 13.4. The number of rotatable bonds is 7. The molecule has 0 fully saturated rings. The highest BCUT2D eigenvalue weighted by Gasteiger charge is 2.13. The van der Waals surface area contributed by atoms with Gasteiger partial charge in [-0.3, -0.25) is 4.79 Å². The van der Waals surface area contributed by atoms with E-state index in [0.29, 0.717) is 18.1 Å². The summed E-state index contributed by atoms with van der Waals surface area (Å²) in [5, 5.41) is 12.8. The maximum Gasteiger partial charge on any atom is 0.261 e. The Kier molecular flexibility index (Phi) is 6.58. The number of nitrogens with one attached hydrogen (secondary N) is 2. The van der Waals surface area contributed by atoms with Gasteiger partial charge in [-0.25, -0.2) is 4.98 Å². The van der Waals surface area contributed by atoms with Gasteiger partial charge in [-0.15, -0.1) is 11.3 Å². The fourth-order valence-corrected chi connectivity index (χ4v) is 5.55. The van der Waals surface area contributed by atoms with Crippen molar-refractivity contribution >= 4 is 63.7 Å². The van der Waals surface area contributed by atoms with Crippen LogP contribution in [0.1, 0.15) is 20.8 Å². The molecule has 0 aliphatic heterocycles. The van der Waals surface area contributed by atoms with Crippen molar-refractivity contribution < 1.29 is 4.79 Å². The van der Waals surface area contributed by atoms with Crippen molar-refractivity contribution in [2.75, 3.05) is 5.32 Å². The lowest BCUT2D eigenvalue weighted by Crippen LogP contribution is -2.21. The van der Waals surface area contributed by atoms with E-state index in [1.165, 1.54) is 11.3 Å². The predicted molar refractivity (Wildman–Crippen MR) is 158 cm³/mol. The topological polar surface area (TPSA) is 71.3 Å². The Bertz CT molecular complexity index is 1750. The standard InChI is InChI=1S/C29H23BClN5OS/c30-22-17-34-36-27(14-24(35-28(22)36)21-6-2-3-7-23(21)31)32-15-18-9-11-19(12-10-18)16-33-29(37)26-13-20-5-1-4-8-25(20)38-26/h1-14,17,32H,15-16,30H2,(H,33,37). The van der Waals surface area contributed by atoms with Crippen LogP contribution < -0.4 is 16.1 Å². The summed E-state index contributed by atoms with van der Waals surface area (Å²) in [4.78, 5) is 18.2. The van der Waals surface area contributed by atoms with Crippen LogP contribution in [0.15, 0.2) is 91.1 Å². The van der Waals surface area contributed by atoms with Crippen LogP contribution in [-0.4, -0.2) is 28.4 Å². The van der Waals surface area contributed by atoms with Gasteiger partial charge in [0.15, 0.2) is 5.65 Å². The number of nitrogens with zero attached hydrogens (tertiary/aromatic N) is 3. The van der Waals surface area contributed by atoms with Crippen molar-refractivity contribution in [1.82, 2.24) is 19.9 Å². The first-order chi connectivity index (χ1) is 18.5. The second kappa shape index (κ2) is 10.3. The monoisotopic (exact) mass is 535 g/mol. The minimum Gasteiger partial charge on any atom is -0.366 e. The van der Waals surface area contributed by atoms with Crippen LogP contribution in [0.4, 0.5) is 5.82 Å². The average Bonchev–Trinajstić information content (AvgIpc) is 3.55. The number of hydrogen-bond acceptors (Lipinski definition) is 5. The van der Waals surface area contributed by atoms with Crippen LogP contribution in [0.2, 0.25) is 5.02 Å². The second-order valence-electron chi connectivity index (χ2n) is 9.07. The molecule has 2 N–H and O–H groups in total. The smallest absolute Gasteiger partial charge is 0.261 e. The maximum atomic E-state index is 12.6. The number of carbonyl (C=O) groups is 1. The van der Waals surface area contributed by atoms with E-state index in [2.05, 4.69) is 27.9 Å². The molecule has 0 atom stereocenters. The Morgan fingerprint density at radius 3 is 2.47 bits per heavy atom. The van der Waals surface area contributed by atoms with Gasteiger partial charge in [0.05, 0.1) is 10.6 Å². The molecule has 6 nitrogen and oxygen atoms in total. The number of thiophene rings is 1. The van der Waals surface area contributed by atoms with Gasteiger partial charge in [-0.2, -0.15) is 9.61 Å². The molecule has 0 bridgehead atoms. The molecule has 9 heteroatoms. The van der Waals surface area contributed by atoms with E-state index in [4.69, 9.17) is 16.6 Å². The van der Waals surface area contributed by atoms with E-state index in [1.807, 2.05) is 91.4 Å². The van der Waals surface area contributed by atoms with Crippen molar-refractivity contribution in [1.29, 1.82) is 0 Å². The summed E-state index contributed by atoms with van der Waals surface area (Å²) in [7, 11) is 1.99. The minimum absolute atomic E-state index is 0.0533. The summed E-state index contributed by atoms with van der Waals surface area (Å²) in [5.74, 6) is 0.778. The Morgan fingerprint density at radius 1 is 0.947 bits per heavy atom. The Hall–Kier alpha value is -4.14. The van der Waals surface area contributed by atoms with Crippen molar-refractivity contribution in [2.45, 2.75) is 13.1 Å². The number of benzene rings is 3. The maximum absolute atomic E-state index is 12.6. The van der Waals surface area contributed by atoms with Gasteiger partial charge in [-0.05, 0) is 40.2 Å². The fourth-order valence-electron chi connectivity index (χ4n) is 4.34. The van der Waals surface area contributed by atoms with E-state index in [0.717, 1.165) is 54.3 Å². The summed E-state index contributed by atoms with van der Waals surface area (Å²) < 4.78 is 2.93. The number of fused-ring (bicyclic) bond motifs is 2. The van der Waals surface area contributed by atoms with E-state index in [-0.39, 0.29) is 5.91 Å². The Morgan fingerprint density at radius 2 is 1.68 bits per heavy atom. The molecule has 3 aromatic heterocycles. The average molecular weight is 536 g/mol. The lowest BCUT2D eigenvalue weighted by Gasteiger charge is -2.12. The molecular formula is C29H23BClN5OS. The molecule has 3 heterocycles. The zero-order valence-corrected chi connectivity index (χ0v) is 22.2. The lowest BCUT2D eigenvalue weighted by atomic mass is 10.0. The third-order valence-corrected chi connectivity index (χ3v) is 7.84. The summed E-state index contributed by atoms with van der Waals surface area (Å²) in [6, 6.07) is 27.9. The van der Waals surface area contributed by atoms with Gasteiger partial charge in [-0.1, -0.05) is 72.3 Å². The summed E-state index contributed by atoms with van der Waals surface area (Å²) in [6.45, 7) is 1.08. The predicted octanol–water partition coefficient (Wildman–Crippen LogP) is 5.06. The van der Waals surface area contributed by atoms with Crippen LogP contribution in [0.25, 0.3) is 27.0 Å². The van der Waals surface area contributed by atoms with Crippen molar-refractivity contribution in [3.8, 4) is 11.3 Å². The number of carbonyl (C=O) groups excluding carboxylic acids is 1. The van der Waals surface area contributed by atoms with Crippen molar-refractivity contribution in [2.24, 2.45) is 0 Å². The second-order valence-corrected chi connectivity index (χ2v) is 10.6. The molecule has 6 rings (SSSR count). The van der Waals surface area contributed by atoms with Crippen LogP contribution in [0.5, 0.6) is 0 Å². The highest BCUT2D eigenvalue weighted by molar-refractivity contribution is 7.20. The molecule has 0 radical (unpaired) electrons. The highest BCUT2D eigenvalue weighted by atomic mass is 35.5. The number of anilines is 1. The summed E-state index contributed by atoms with van der Waals surface area (Å²) in [5.41, 5.74) is 5.59. The van der Waals surface area contributed by atoms with E-state index in [9.17, 15) is 4.79 Å². The van der Waals surface area contributed by atoms with Crippen molar-refractivity contribution in [3.05, 3.63) is 112 Å². The number of amides is 1. The van der Waals surface area contributed by atoms with E-state index < -0.39 is 0 Å². The van der Waals surface area contributed by atoms with Crippen LogP contribution >= 0.6 is 22.9 Å². The Labute approximate surface area is 229 Å². The van der Waals surface area contributed by atoms with E-state index in [1.54, 1.807) is 0 Å². The van der Waals surface area contributed by atoms with Crippen LogP contribution in [0.3, 0.4) is 0 Å². The molecular weight excluding hydrogens is 513 g/mol. The van der Waals surface area contributed by atoms with Crippen LogP contribution in [-0.2, 0) is 13.1 Å². The normalized spacial score (nSPS) is 11.2. The highest BCUT2D eigenvalue weighted by Crippen LogP contribution is 2.28. The SMILES string of the molecule is Bc1cnn2c(NCc3ccc(CNC(=O)c4cc5ccccc5s4)cc3)cc(-c3ccccc3Cl)nc12. The largest absolute Gasteiger partial charge is 0.366 e. The third kappa shape index (κ3) is 4.88. The molecule has 186 valence electrons. The number of hydrogen-bond donors (Lipinski definition) is 2. The molecule has 0 aliphatic carbocycles. The Balaban J connectivity index is 1.14. The quantitative estimate of drug-likeness (QED) is 0.280. The summed E-state index contributed by atoms with van der Waals surface area (Å²) >= 11 is 7.96. The van der Waals surface area contributed by atoms with Gasteiger partial charge in [0.1, 0.15) is 13.7 Å². The minimum atomic E-state index is -0.0533. The summed E-state index contributed by atoms with van der Waals surface area (Å²) in [6.07, 6.45) is 1.81.